The van der Waals surface area contributed by atoms with E-state index in [1.54, 1.807) is 6.92 Å². The molecule has 0 radical (unpaired) electrons. The number of rotatable bonds is 0. The van der Waals surface area contributed by atoms with Gasteiger partial charge in [0.2, 0.25) is 5.76 Å². The van der Waals surface area contributed by atoms with Gasteiger partial charge in [-0.3, -0.25) is 0 Å². The summed E-state index contributed by atoms with van der Waals surface area (Å²) in [4.78, 5) is 0. The summed E-state index contributed by atoms with van der Waals surface area (Å²) in [5.74, 6) is -0.523. The van der Waals surface area contributed by atoms with Gasteiger partial charge in [0.15, 0.2) is 0 Å². The zero-order chi connectivity index (χ0) is 11.1. The molecule has 0 bridgehead atoms. The fourth-order valence-electron chi connectivity index (χ4n) is 1.37. The molecule has 0 atom stereocenters. The summed E-state index contributed by atoms with van der Waals surface area (Å²) in [5, 5.41) is 0. The molecule has 0 N–H and O–H groups in total. The van der Waals surface area contributed by atoms with Gasteiger partial charge >= 0.3 is 6.18 Å². The third kappa shape index (κ3) is 2.11. The summed E-state index contributed by atoms with van der Waals surface area (Å²) >= 11 is 0. The van der Waals surface area contributed by atoms with Gasteiger partial charge in [0, 0.05) is 5.41 Å². The van der Waals surface area contributed by atoms with Crippen LogP contribution in [0.1, 0.15) is 37.9 Å². The van der Waals surface area contributed by atoms with Crippen LogP contribution in [0, 0.1) is 6.92 Å². The Hall–Kier alpha value is -0.930. The summed E-state index contributed by atoms with van der Waals surface area (Å²) in [7, 11) is 0. The normalized spacial score (nSPS) is 13.4. The lowest BCUT2D eigenvalue weighted by atomic mass is 9.91. The van der Waals surface area contributed by atoms with Gasteiger partial charge in [0.1, 0.15) is 5.76 Å². The molecular formula is C10H13F3O. The average Bonchev–Trinajstić information content (AvgIpc) is 2.27. The van der Waals surface area contributed by atoms with E-state index in [1.165, 1.54) is 0 Å². The van der Waals surface area contributed by atoms with Crippen LogP contribution in [-0.2, 0) is 11.6 Å². The maximum atomic E-state index is 12.3. The Labute approximate surface area is 80.9 Å². The molecule has 14 heavy (non-hydrogen) atoms. The number of furan rings is 1. The molecule has 0 spiro atoms. The number of hydrogen-bond donors (Lipinski definition) is 0. The van der Waals surface area contributed by atoms with Crippen LogP contribution in [0.5, 0.6) is 0 Å². The van der Waals surface area contributed by atoms with Crippen molar-refractivity contribution >= 4 is 0 Å². The van der Waals surface area contributed by atoms with E-state index in [9.17, 15) is 13.2 Å². The Kier molecular flexibility index (Phi) is 2.42. The largest absolute Gasteiger partial charge is 0.456 e. The van der Waals surface area contributed by atoms with E-state index in [0.717, 1.165) is 6.07 Å². The van der Waals surface area contributed by atoms with E-state index >= 15 is 0 Å². The summed E-state index contributed by atoms with van der Waals surface area (Å²) in [6.45, 7) is 7.08. The molecule has 0 aromatic carbocycles. The monoisotopic (exact) mass is 206 g/mol. The van der Waals surface area contributed by atoms with Crippen LogP contribution in [0.2, 0.25) is 0 Å². The number of aryl methyl sites for hydroxylation is 1. The standard InChI is InChI=1S/C10H13F3O/c1-6-5-7(10(11,12)13)14-8(6)9(2,3)4/h5H,1-4H3. The van der Waals surface area contributed by atoms with Gasteiger partial charge in [-0.15, -0.1) is 0 Å². The second-order valence-corrected chi connectivity index (χ2v) is 4.37. The Morgan fingerprint density at radius 2 is 1.64 bits per heavy atom. The quantitative estimate of drug-likeness (QED) is 0.627. The second-order valence-electron chi connectivity index (χ2n) is 4.37. The predicted molar refractivity (Wildman–Crippen MR) is 47.1 cm³/mol. The topological polar surface area (TPSA) is 13.1 Å². The first-order valence-electron chi connectivity index (χ1n) is 4.30. The van der Waals surface area contributed by atoms with E-state index in [0.29, 0.717) is 11.3 Å². The van der Waals surface area contributed by atoms with Crippen molar-refractivity contribution in [3.8, 4) is 0 Å². The molecule has 4 heteroatoms. The highest BCUT2D eigenvalue weighted by Gasteiger charge is 2.37. The van der Waals surface area contributed by atoms with Crippen molar-refractivity contribution < 1.29 is 17.6 Å². The minimum atomic E-state index is -4.39. The first-order valence-corrected chi connectivity index (χ1v) is 4.30. The Morgan fingerprint density at radius 1 is 1.14 bits per heavy atom. The van der Waals surface area contributed by atoms with Gasteiger partial charge in [0.25, 0.3) is 0 Å². The van der Waals surface area contributed by atoms with Gasteiger partial charge in [-0.05, 0) is 18.6 Å². The molecule has 80 valence electrons. The third-order valence-electron chi connectivity index (χ3n) is 1.88. The van der Waals surface area contributed by atoms with Crippen molar-refractivity contribution in [1.29, 1.82) is 0 Å². The second kappa shape index (κ2) is 3.04. The zero-order valence-corrected chi connectivity index (χ0v) is 8.62. The number of alkyl halides is 3. The molecule has 1 nitrogen and oxygen atoms in total. The minimum Gasteiger partial charge on any atom is -0.456 e. The highest BCUT2D eigenvalue weighted by molar-refractivity contribution is 5.26. The third-order valence-corrected chi connectivity index (χ3v) is 1.88. The van der Waals surface area contributed by atoms with Crippen LogP contribution in [0.3, 0.4) is 0 Å². The van der Waals surface area contributed by atoms with Gasteiger partial charge in [-0.25, -0.2) is 0 Å². The maximum Gasteiger partial charge on any atom is 0.449 e. The van der Waals surface area contributed by atoms with Gasteiger partial charge < -0.3 is 4.42 Å². The lowest BCUT2D eigenvalue weighted by Crippen LogP contribution is -2.11. The van der Waals surface area contributed by atoms with Crippen molar-refractivity contribution in [3.05, 3.63) is 23.2 Å². The van der Waals surface area contributed by atoms with E-state index in [2.05, 4.69) is 0 Å². The Morgan fingerprint density at radius 3 is 1.86 bits per heavy atom. The molecule has 0 aliphatic rings. The minimum absolute atomic E-state index is 0.393. The van der Waals surface area contributed by atoms with Gasteiger partial charge in [-0.1, -0.05) is 20.8 Å². The van der Waals surface area contributed by atoms with E-state index in [1.807, 2.05) is 20.8 Å². The molecule has 1 heterocycles. The number of halogens is 3. The molecule has 0 saturated carbocycles. The fraction of sp³-hybridized carbons (Fsp3) is 0.600. The molecule has 0 amide bonds. The molecule has 1 rings (SSSR count). The van der Waals surface area contributed by atoms with Crippen molar-refractivity contribution in [1.82, 2.24) is 0 Å². The Bertz CT molecular complexity index is 328. The van der Waals surface area contributed by atoms with Crippen molar-refractivity contribution in [2.75, 3.05) is 0 Å². The molecule has 1 aromatic rings. The molecule has 0 aliphatic heterocycles. The summed E-state index contributed by atoms with van der Waals surface area (Å²) in [5.41, 5.74) is 0.151. The van der Waals surface area contributed by atoms with E-state index in [-0.39, 0.29) is 0 Å². The summed E-state index contributed by atoms with van der Waals surface area (Å²) in [6, 6.07) is 1.04. The van der Waals surface area contributed by atoms with Crippen LogP contribution >= 0.6 is 0 Å². The summed E-state index contributed by atoms with van der Waals surface area (Å²) in [6.07, 6.45) is -4.39. The average molecular weight is 206 g/mol. The van der Waals surface area contributed by atoms with E-state index < -0.39 is 17.4 Å². The fourth-order valence-corrected chi connectivity index (χ4v) is 1.37. The SMILES string of the molecule is Cc1cc(C(F)(F)F)oc1C(C)(C)C. The highest BCUT2D eigenvalue weighted by Crippen LogP contribution is 2.36. The summed E-state index contributed by atoms with van der Waals surface area (Å²) < 4.78 is 41.6. The zero-order valence-electron chi connectivity index (χ0n) is 8.62. The first-order chi connectivity index (χ1) is 6.12. The predicted octanol–water partition coefficient (Wildman–Crippen LogP) is 3.90. The van der Waals surface area contributed by atoms with Gasteiger partial charge in [-0.2, -0.15) is 13.2 Å². The van der Waals surface area contributed by atoms with Crippen LogP contribution in [0.4, 0.5) is 13.2 Å². The molecule has 0 saturated heterocycles. The smallest absolute Gasteiger partial charge is 0.449 e. The molecule has 0 fully saturated rings. The molecule has 0 aliphatic carbocycles. The number of hydrogen-bond acceptors (Lipinski definition) is 1. The van der Waals surface area contributed by atoms with Crippen LogP contribution in [-0.4, -0.2) is 0 Å². The molecule has 0 unspecified atom stereocenters. The van der Waals surface area contributed by atoms with Crippen LogP contribution in [0.25, 0.3) is 0 Å². The molecule has 1 aromatic heterocycles. The van der Waals surface area contributed by atoms with Crippen LogP contribution in [0.15, 0.2) is 10.5 Å². The Balaban J connectivity index is 3.19. The van der Waals surface area contributed by atoms with Crippen molar-refractivity contribution in [3.63, 3.8) is 0 Å². The van der Waals surface area contributed by atoms with Crippen molar-refractivity contribution in [2.45, 2.75) is 39.3 Å². The van der Waals surface area contributed by atoms with Gasteiger partial charge in [0.05, 0.1) is 0 Å². The lowest BCUT2D eigenvalue weighted by molar-refractivity contribution is -0.153. The first kappa shape index (κ1) is 11.1. The van der Waals surface area contributed by atoms with E-state index in [4.69, 9.17) is 4.42 Å². The van der Waals surface area contributed by atoms with Crippen molar-refractivity contribution in [2.24, 2.45) is 0 Å². The maximum absolute atomic E-state index is 12.3. The highest BCUT2D eigenvalue weighted by atomic mass is 19.4. The van der Waals surface area contributed by atoms with Crippen LogP contribution < -0.4 is 0 Å². The lowest BCUT2D eigenvalue weighted by Gasteiger charge is -2.16. The molecular weight excluding hydrogens is 193 g/mol.